The molecule has 0 unspecified atom stereocenters. The Balaban J connectivity index is -0.000000256. The van der Waals surface area contributed by atoms with Gasteiger partial charge in [0, 0.05) is 32.5 Å². The van der Waals surface area contributed by atoms with E-state index in [4.69, 9.17) is 20.4 Å². The van der Waals surface area contributed by atoms with Crippen LogP contribution in [0.5, 0.6) is 0 Å². The van der Waals surface area contributed by atoms with Gasteiger partial charge in [0.1, 0.15) is 0 Å². The van der Waals surface area contributed by atoms with Gasteiger partial charge in [0.25, 0.3) is 0 Å². The topological polar surface area (TPSA) is 80.9 Å². The van der Waals surface area contributed by atoms with Gasteiger partial charge in [-0.05, 0) is 12.8 Å². The van der Waals surface area contributed by atoms with Crippen LogP contribution >= 0.6 is 0 Å². The van der Waals surface area contributed by atoms with Gasteiger partial charge >= 0.3 is 0 Å². The first kappa shape index (κ1) is 24.6. The van der Waals surface area contributed by atoms with Gasteiger partial charge in [-0.25, -0.2) is 0 Å². The van der Waals surface area contributed by atoms with Crippen molar-refractivity contribution in [3.63, 3.8) is 0 Å². The summed E-state index contributed by atoms with van der Waals surface area (Å²) in [4.78, 5) is 0. The molecule has 0 aliphatic heterocycles. The van der Waals surface area contributed by atoms with Crippen LogP contribution in [0.1, 0.15) is 53.4 Å². The molecule has 0 atom stereocenters. The van der Waals surface area contributed by atoms with Crippen molar-refractivity contribution in [1.29, 1.82) is 0 Å². The average Bonchev–Trinajstić information content (AvgIpc) is 2.40. The van der Waals surface area contributed by atoms with Gasteiger partial charge in [-0.3, -0.25) is 0 Å². The fourth-order valence-electron chi connectivity index (χ4n) is 1.62. The van der Waals surface area contributed by atoms with Gasteiger partial charge in [-0.1, -0.05) is 40.5 Å². The minimum Gasteiger partial charge on any atom is -0.396 e. The van der Waals surface area contributed by atoms with Crippen LogP contribution in [0.2, 0.25) is 0 Å². The number of rotatable bonds is 8. The average molecular weight is 312 g/mol. The van der Waals surface area contributed by atoms with E-state index in [2.05, 4.69) is 0 Å². The van der Waals surface area contributed by atoms with Gasteiger partial charge in [0.05, 0.1) is 26.4 Å². The van der Waals surface area contributed by atoms with E-state index >= 15 is 0 Å². The van der Waals surface area contributed by atoms with Crippen LogP contribution in [0.4, 0.5) is 0 Å². The van der Waals surface area contributed by atoms with Gasteiger partial charge in [-0.2, -0.15) is 0 Å². The summed E-state index contributed by atoms with van der Waals surface area (Å²) in [5, 5.41) is 35.0. The first-order chi connectivity index (χ1) is 8.36. The molecule has 0 rings (SSSR count). The Labute approximate surface area is 133 Å². The maximum Gasteiger partial charge on any atom is 0.0506 e. The van der Waals surface area contributed by atoms with Crippen molar-refractivity contribution in [2.24, 2.45) is 10.8 Å². The minimum atomic E-state index is -0.255. The standard InChI is InChI=1S/2C7H16O2.Ti/c2*1-3-4-7(2,5-8)6-9;/h2*8-9H,3-6H2,1-2H3;. The van der Waals surface area contributed by atoms with Gasteiger partial charge in [0.15, 0.2) is 0 Å². The second-order valence-electron chi connectivity index (χ2n) is 5.75. The maximum absolute atomic E-state index is 8.76. The molecule has 0 amide bonds. The Morgan fingerprint density at radius 1 is 0.632 bits per heavy atom. The largest absolute Gasteiger partial charge is 0.396 e. The Morgan fingerprint density at radius 3 is 0.895 bits per heavy atom. The number of aliphatic hydroxyl groups is 4. The molecule has 0 aromatic carbocycles. The first-order valence-corrected chi connectivity index (χ1v) is 6.80. The molecular formula is C14H32O4Ti. The molecule has 116 valence electrons. The second kappa shape index (κ2) is 13.5. The summed E-state index contributed by atoms with van der Waals surface area (Å²) in [5.41, 5.74) is -0.510. The number of hydrogen-bond acceptors (Lipinski definition) is 4. The number of aliphatic hydroxyl groups excluding tert-OH is 4. The SMILES string of the molecule is CCCC(C)(CO)CO.CCCC(C)(CO)CO.[Ti]. The third-order valence-electron chi connectivity index (χ3n) is 3.23. The van der Waals surface area contributed by atoms with E-state index in [-0.39, 0.29) is 59.0 Å². The van der Waals surface area contributed by atoms with E-state index in [0.717, 1.165) is 25.7 Å². The van der Waals surface area contributed by atoms with Crippen molar-refractivity contribution in [2.45, 2.75) is 53.4 Å². The van der Waals surface area contributed by atoms with E-state index < -0.39 is 0 Å². The van der Waals surface area contributed by atoms with E-state index in [0.29, 0.717) is 0 Å². The summed E-state index contributed by atoms with van der Waals surface area (Å²) < 4.78 is 0. The molecule has 4 N–H and O–H groups in total. The zero-order valence-corrected chi connectivity index (χ0v) is 14.5. The summed E-state index contributed by atoms with van der Waals surface area (Å²) in [6, 6.07) is 0. The summed E-state index contributed by atoms with van der Waals surface area (Å²) in [7, 11) is 0. The van der Waals surface area contributed by atoms with Gasteiger partial charge in [-0.15, -0.1) is 0 Å². The van der Waals surface area contributed by atoms with Gasteiger partial charge < -0.3 is 20.4 Å². The molecular weight excluding hydrogens is 280 g/mol. The fraction of sp³-hybridized carbons (Fsp3) is 1.00. The Hall–Kier alpha value is 0.554. The molecule has 0 aromatic rings. The normalized spacial score (nSPS) is 11.4. The maximum atomic E-state index is 8.76. The van der Waals surface area contributed by atoms with E-state index in [1.165, 1.54) is 0 Å². The molecule has 0 spiro atoms. The smallest absolute Gasteiger partial charge is 0.0506 e. The molecule has 0 aliphatic carbocycles. The van der Waals surface area contributed by atoms with E-state index in [1.54, 1.807) is 0 Å². The van der Waals surface area contributed by atoms with Crippen LogP contribution in [0, 0.1) is 10.8 Å². The summed E-state index contributed by atoms with van der Waals surface area (Å²) in [6.45, 7) is 8.18. The fourth-order valence-corrected chi connectivity index (χ4v) is 1.62. The van der Waals surface area contributed by atoms with E-state index in [1.807, 2.05) is 27.7 Å². The summed E-state index contributed by atoms with van der Waals surface area (Å²) >= 11 is 0. The van der Waals surface area contributed by atoms with Crippen LogP contribution in [0.3, 0.4) is 0 Å². The molecule has 0 saturated heterocycles. The molecule has 4 nitrogen and oxygen atoms in total. The van der Waals surface area contributed by atoms with Crippen LogP contribution < -0.4 is 0 Å². The Kier molecular flexibility index (Phi) is 17.5. The molecule has 0 heterocycles. The predicted octanol–water partition coefficient (Wildman–Crippen LogP) is 1.55. The van der Waals surface area contributed by atoms with Gasteiger partial charge in [0.2, 0.25) is 0 Å². The molecule has 0 aliphatic rings. The van der Waals surface area contributed by atoms with Crippen LogP contribution in [0.15, 0.2) is 0 Å². The monoisotopic (exact) mass is 312 g/mol. The minimum absolute atomic E-state index is 0. The molecule has 19 heavy (non-hydrogen) atoms. The third-order valence-corrected chi connectivity index (χ3v) is 3.23. The molecule has 5 heteroatoms. The second-order valence-corrected chi connectivity index (χ2v) is 5.75. The molecule has 0 fully saturated rings. The van der Waals surface area contributed by atoms with Crippen molar-refractivity contribution < 1.29 is 42.1 Å². The third kappa shape index (κ3) is 12.0. The van der Waals surface area contributed by atoms with Crippen molar-refractivity contribution in [3.05, 3.63) is 0 Å². The zero-order chi connectivity index (χ0) is 14.7. The van der Waals surface area contributed by atoms with Crippen LogP contribution in [-0.4, -0.2) is 46.9 Å². The first-order valence-electron chi connectivity index (χ1n) is 6.80. The molecule has 0 saturated carbocycles. The van der Waals surface area contributed by atoms with Crippen molar-refractivity contribution in [3.8, 4) is 0 Å². The van der Waals surface area contributed by atoms with Crippen molar-refractivity contribution >= 4 is 0 Å². The van der Waals surface area contributed by atoms with Crippen LogP contribution in [0.25, 0.3) is 0 Å². The van der Waals surface area contributed by atoms with Crippen molar-refractivity contribution in [1.82, 2.24) is 0 Å². The summed E-state index contributed by atoms with van der Waals surface area (Å²) in [6.07, 6.45) is 3.80. The van der Waals surface area contributed by atoms with E-state index in [9.17, 15) is 0 Å². The quantitative estimate of drug-likeness (QED) is 0.513. The van der Waals surface area contributed by atoms with Crippen molar-refractivity contribution in [2.75, 3.05) is 26.4 Å². The molecule has 0 bridgehead atoms. The summed E-state index contributed by atoms with van der Waals surface area (Å²) in [5.74, 6) is 0. The van der Waals surface area contributed by atoms with Crippen LogP contribution in [-0.2, 0) is 21.7 Å². The predicted molar refractivity (Wildman–Crippen MR) is 74.4 cm³/mol. The molecule has 0 radical (unpaired) electrons. The zero-order valence-electron chi connectivity index (χ0n) is 12.9. The number of hydrogen-bond donors (Lipinski definition) is 4. The Bertz CT molecular complexity index is 160. The molecule has 0 aromatic heterocycles. The Morgan fingerprint density at radius 2 is 0.842 bits per heavy atom.